The first kappa shape index (κ1) is 16.8. The van der Waals surface area contributed by atoms with E-state index in [-0.39, 0.29) is 21.6 Å². The van der Waals surface area contributed by atoms with Crippen LogP contribution in [0.1, 0.15) is 36.7 Å². The summed E-state index contributed by atoms with van der Waals surface area (Å²) in [6.07, 6.45) is 1.47. The highest BCUT2D eigenvalue weighted by molar-refractivity contribution is 6.43. The number of carbonyl (C=O) groups is 1. The molecule has 0 saturated carbocycles. The molecule has 116 valence electrons. The third kappa shape index (κ3) is 3.60. The molecule has 0 fully saturated rings. The van der Waals surface area contributed by atoms with Crippen molar-refractivity contribution in [2.24, 2.45) is 0 Å². The molecule has 1 heterocycles. The molecule has 22 heavy (non-hydrogen) atoms. The molecule has 0 spiro atoms. The van der Waals surface area contributed by atoms with E-state index < -0.39 is 0 Å². The smallest absolute Gasteiger partial charge is 0.253 e. The third-order valence-electron chi connectivity index (χ3n) is 3.12. The Morgan fingerprint density at radius 1 is 1.18 bits per heavy atom. The number of benzene rings is 1. The van der Waals surface area contributed by atoms with E-state index in [1.807, 2.05) is 52.0 Å². The monoisotopic (exact) mass is 336 g/mol. The van der Waals surface area contributed by atoms with Crippen LogP contribution in [0.5, 0.6) is 0 Å². The zero-order chi connectivity index (χ0) is 16.5. The van der Waals surface area contributed by atoms with Crippen LogP contribution in [0.25, 0.3) is 11.1 Å². The maximum absolute atomic E-state index is 12.6. The average Bonchev–Trinajstić information content (AvgIpc) is 2.40. The van der Waals surface area contributed by atoms with Gasteiger partial charge >= 0.3 is 0 Å². The fourth-order valence-electron chi connectivity index (χ4n) is 2.16. The van der Waals surface area contributed by atoms with E-state index >= 15 is 0 Å². The lowest BCUT2D eigenvalue weighted by Gasteiger charge is -2.22. The predicted molar refractivity (Wildman–Crippen MR) is 91.6 cm³/mol. The summed E-state index contributed by atoms with van der Waals surface area (Å²) < 4.78 is 0. The SMILES string of the molecule is Cc1ccccc1-c1c(C(=O)NC(C)(C)C)cnc(Cl)c1Cl. The van der Waals surface area contributed by atoms with Crippen molar-refractivity contribution in [3.8, 4) is 11.1 Å². The molecule has 2 rings (SSSR count). The van der Waals surface area contributed by atoms with E-state index in [1.165, 1.54) is 6.20 Å². The van der Waals surface area contributed by atoms with Gasteiger partial charge in [-0.05, 0) is 38.8 Å². The Hall–Kier alpha value is -1.58. The summed E-state index contributed by atoms with van der Waals surface area (Å²) in [7, 11) is 0. The van der Waals surface area contributed by atoms with Crippen LogP contribution in [0.4, 0.5) is 0 Å². The zero-order valence-electron chi connectivity index (χ0n) is 13.0. The van der Waals surface area contributed by atoms with Gasteiger partial charge in [-0.2, -0.15) is 0 Å². The van der Waals surface area contributed by atoms with Crippen LogP contribution in [0.3, 0.4) is 0 Å². The molecular formula is C17H18Cl2N2O. The maximum Gasteiger partial charge on any atom is 0.253 e. The number of amides is 1. The Morgan fingerprint density at radius 3 is 2.41 bits per heavy atom. The van der Waals surface area contributed by atoms with Gasteiger partial charge in [0.25, 0.3) is 5.91 Å². The number of carbonyl (C=O) groups excluding carboxylic acids is 1. The minimum atomic E-state index is -0.355. The Kier molecular flexibility index (Phi) is 4.78. The quantitative estimate of drug-likeness (QED) is 0.793. The van der Waals surface area contributed by atoms with Gasteiger partial charge in [0, 0.05) is 17.3 Å². The van der Waals surface area contributed by atoms with Crippen molar-refractivity contribution in [1.82, 2.24) is 10.3 Å². The topological polar surface area (TPSA) is 42.0 Å². The number of halogens is 2. The Labute approximate surface area is 140 Å². The summed E-state index contributed by atoms with van der Waals surface area (Å²) in [6.45, 7) is 7.72. The summed E-state index contributed by atoms with van der Waals surface area (Å²) in [5, 5.41) is 3.41. The van der Waals surface area contributed by atoms with E-state index in [9.17, 15) is 4.79 Å². The van der Waals surface area contributed by atoms with Crippen molar-refractivity contribution in [2.75, 3.05) is 0 Å². The van der Waals surface area contributed by atoms with Crippen molar-refractivity contribution in [1.29, 1.82) is 0 Å². The lowest BCUT2D eigenvalue weighted by molar-refractivity contribution is 0.0920. The number of nitrogens with zero attached hydrogens (tertiary/aromatic N) is 1. The predicted octanol–water partition coefficient (Wildman–Crippen LogP) is 4.89. The first-order valence-electron chi connectivity index (χ1n) is 6.93. The number of nitrogens with one attached hydrogen (secondary N) is 1. The second kappa shape index (κ2) is 6.27. The molecule has 3 nitrogen and oxygen atoms in total. The molecule has 0 bridgehead atoms. The second-order valence-corrected chi connectivity index (χ2v) is 6.91. The van der Waals surface area contributed by atoms with Gasteiger partial charge in [0.1, 0.15) is 5.15 Å². The van der Waals surface area contributed by atoms with Crippen molar-refractivity contribution < 1.29 is 4.79 Å². The molecule has 2 aromatic rings. The average molecular weight is 337 g/mol. The largest absolute Gasteiger partial charge is 0.347 e. The fraction of sp³-hybridized carbons (Fsp3) is 0.294. The number of aryl methyl sites for hydroxylation is 1. The van der Waals surface area contributed by atoms with E-state index in [0.29, 0.717) is 11.1 Å². The zero-order valence-corrected chi connectivity index (χ0v) is 14.5. The lowest BCUT2D eigenvalue weighted by Crippen LogP contribution is -2.40. The van der Waals surface area contributed by atoms with Gasteiger partial charge in [0.2, 0.25) is 0 Å². The van der Waals surface area contributed by atoms with Gasteiger partial charge in [0.05, 0.1) is 10.6 Å². The lowest BCUT2D eigenvalue weighted by atomic mass is 9.96. The Bertz CT molecular complexity index is 721. The molecule has 0 radical (unpaired) electrons. The maximum atomic E-state index is 12.6. The molecule has 0 atom stereocenters. The summed E-state index contributed by atoms with van der Waals surface area (Å²) in [5.74, 6) is -0.225. The summed E-state index contributed by atoms with van der Waals surface area (Å²) in [4.78, 5) is 16.6. The van der Waals surface area contributed by atoms with Crippen LogP contribution in [-0.2, 0) is 0 Å². The first-order chi connectivity index (χ1) is 10.2. The van der Waals surface area contributed by atoms with E-state index in [1.54, 1.807) is 0 Å². The first-order valence-corrected chi connectivity index (χ1v) is 7.69. The van der Waals surface area contributed by atoms with Crippen molar-refractivity contribution in [3.63, 3.8) is 0 Å². The highest BCUT2D eigenvalue weighted by Crippen LogP contribution is 2.36. The highest BCUT2D eigenvalue weighted by Gasteiger charge is 2.23. The summed E-state index contributed by atoms with van der Waals surface area (Å²) in [5.41, 5.74) is 2.55. The van der Waals surface area contributed by atoms with E-state index in [2.05, 4.69) is 10.3 Å². The third-order valence-corrected chi connectivity index (χ3v) is 3.88. The Balaban J connectivity index is 2.64. The van der Waals surface area contributed by atoms with Gasteiger partial charge in [-0.1, -0.05) is 47.5 Å². The number of aromatic nitrogens is 1. The van der Waals surface area contributed by atoms with Crippen molar-refractivity contribution in [3.05, 3.63) is 51.8 Å². The van der Waals surface area contributed by atoms with E-state index in [0.717, 1.165) is 11.1 Å². The van der Waals surface area contributed by atoms with Gasteiger partial charge < -0.3 is 5.32 Å². The molecule has 5 heteroatoms. The molecule has 1 N–H and O–H groups in total. The molecule has 0 aliphatic carbocycles. The summed E-state index contributed by atoms with van der Waals surface area (Å²) >= 11 is 12.4. The Morgan fingerprint density at radius 2 is 1.82 bits per heavy atom. The number of hydrogen-bond donors (Lipinski definition) is 1. The molecule has 0 unspecified atom stereocenters. The van der Waals surface area contributed by atoms with Crippen LogP contribution >= 0.6 is 23.2 Å². The van der Waals surface area contributed by atoms with Crippen LogP contribution in [0.15, 0.2) is 30.5 Å². The summed E-state index contributed by atoms with van der Waals surface area (Å²) in [6, 6.07) is 7.72. The fourth-order valence-corrected chi connectivity index (χ4v) is 2.56. The van der Waals surface area contributed by atoms with E-state index in [4.69, 9.17) is 23.2 Å². The van der Waals surface area contributed by atoms with Crippen molar-refractivity contribution in [2.45, 2.75) is 33.2 Å². The van der Waals surface area contributed by atoms with Crippen molar-refractivity contribution >= 4 is 29.1 Å². The highest BCUT2D eigenvalue weighted by atomic mass is 35.5. The normalized spacial score (nSPS) is 11.4. The molecular weight excluding hydrogens is 319 g/mol. The van der Waals surface area contributed by atoms with Gasteiger partial charge in [0.15, 0.2) is 0 Å². The van der Waals surface area contributed by atoms with Crippen LogP contribution in [-0.4, -0.2) is 16.4 Å². The van der Waals surface area contributed by atoms with Gasteiger partial charge in [-0.25, -0.2) is 4.98 Å². The molecule has 1 aromatic carbocycles. The van der Waals surface area contributed by atoms with Crippen LogP contribution in [0.2, 0.25) is 10.2 Å². The minimum Gasteiger partial charge on any atom is -0.347 e. The number of hydrogen-bond acceptors (Lipinski definition) is 2. The number of rotatable bonds is 2. The van der Waals surface area contributed by atoms with Gasteiger partial charge in [-0.15, -0.1) is 0 Å². The minimum absolute atomic E-state index is 0.187. The van der Waals surface area contributed by atoms with Crippen LogP contribution in [0, 0.1) is 6.92 Å². The van der Waals surface area contributed by atoms with Crippen LogP contribution < -0.4 is 5.32 Å². The molecule has 1 amide bonds. The second-order valence-electron chi connectivity index (χ2n) is 6.17. The number of pyridine rings is 1. The molecule has 0 saturated heterocycles. The van der Waals surface area contributed by atoms with Gasteiger partial charge in [-0.3, -0.25) is 4.79 Å². The molecule has 0 aliphatic heterocycles. The molecule has 0 aliphatic rings. The standard InChI is InChI=1S/C17H18Cl2N2O/c1-10-7-5-6-8-11(10)13-12(9-20-15(19)14(13)18)16(22)21-17(2,3)4/h5-9H,1-4H3,(H,21,22). The molecule has 1 aromatic heterocycles.